The van der Waals surface area contributed by atoms with Crippen LogP contribution >= 0.6 is 31.9 Å². The molecule has 0 atom stereocenters. The molecule has 0 bridgehead atoms. The zero-order valence-corrected chi connectivity index (χ0v) is 15.2. The Morgan fingerprint density at radius 2 is 1.82 bits per heavy atom. The molecule has 0 amide bonds. The fraction of sp³-hybridized carbons (Fsp3) is 0.538. The molecule has 0 N–H and O–H groups in total. The molecule has 0 fully saturated rings. The lowest BCUT2D eigenvalue weighted by atomic mass is 9.86. The van der Waals surface area contributed by atoms with Crippen molar-refractivity contribution in [3.63, 3.8) is 0 Å². The Morgan fingerprint density at radius 1 is 1.24 bits per heavy atom. The van der Waals surface area contributed by atoms with Crippen LogP contribution in [0.5, 0.6) is 5.75 Å². The maximum atomic E-state index is 6.08. The molecular weight excluding hydrogens is 360 g/mol. The Hall–Kier alpha value is 0.197. The lowest BCUT2D eigenvalue weighted by Gasteiger charge is -2.26. The minimum atomic E-state index is -0.761. The zero-order valence-electron chi connectivity index (χ0n) is 11.0. The van der Waals surface area contributed by atoms with Gasteiger partial charge < -0.3 is 4.43 Å². The normalized spacial score (nSPS) is 12.0. The molecule has 1 aromatic carbocycles. The van der Waals surface area contributed by atoms with E-state index < -0.39 is 9.04 Å². The summed E-state index contributed by atoms with van der Waals surface area (Å²) in [5.74, 6) is 1.02. The first-order valence-corrected chi connectivity index (χ1v) is 9.95. The van der Waals surface area contributed by atoms with E-state index in [2.05, 4.69) is 77.9 Å². The van der Waals surface area contributed by atoms with Crippen molar-refractivity contribution in [3.8, 4) is 5.75 Å². The van der Waals surface area contributed by atoms with Gasteiger partial charge in [0.15, 0.2) is 0 Å². The highest BCUT2D eigenvalue weighted by atomic mass is 79.9. The molecule has 1 radical (unpaired) electrons. The van der Waals surface area contributed by atoms with Crippen molar-refractivity contribution in [2.24, 2.45) is 0 Å². The Balaban J connectivity index is 3.36. The van der Waals surface area contributed by atoms with Crippen molar-refractivity contribution in [2.75, 3.05) is 0 Å². The molecule has 1 nitrogen and oxygen atoms in total. The van der Waals surface area contributed by atoms with Crippen LogP contribution in [0.3, 0.4) is 0 Å². The van der Waals surface area contributed by atoms with E-state index in [9.17, 15) is 0 Å². The van der Waals surface area contributed by atoms with E-state index in [0.717, 1.165) is 15.6 Å². The molecule has 0 saturated heterocycles. The summed E-state index contributed by atoms with van der Waals surface area (Å²) in [5.41, 5.74) is 2.59. The third-order valence-electron chi connectivity index (χ3n) is 2.44. The predicted octanol–water partition coefficient (Wildman–Crippen LogP) is 5.27. The van der Waals surface area contributed by atoms with Crippen LogP contribution in [0.2, 0.25) is 13.1 Å². The van der Waals surface area contributed by atoms with Gasteiger partial charge in [0.2, 0.25) is 0 Å². The molecule has 0 aliphatic heterocycles. The van der Waals surface area contributed by atoms with Crippen LogP contribution in [-0.4, -0.2) is 9.04 Å². The van der Waals surface area contributed by atoms with Crippen molar-refractivity contribution in [2.45, 2.75) is 44.6 Å². The lowest BCUT2D eigenvalue weighted by Crippen LogP contribution is -2.19. The van der Waals surface area contributed by atoms with Crippen LogP contribution < -0.4 is 4.43 Å². The Kier molecular flexibility index (Phi) is 5.29. The smallest absolute Gasteiger partial charge is 0.274 e. The van der Waals surface area contributed by atoms with Gasteiger partial charge in [0.1, 0.15) is 5.75 Å². The molecule has 0 saturated carbocycles. The number of alkyl halides is 1. The Morgan fingerprint density at radius 3 is 2.24 bits per heavy atom. The fourth-order valence-corrected chi connectivity index (χ4v) is 3.77. The maximum absolute atomic E-state index is 6.08. The molecule has 0 aromatic heterocycles. The van der Waals surface area contributed by atoms with Crippen molar-refractivity contribution in [3.05, 3.63) is 27.7 Å². The first-order valence-electron chi connectivity index (χ1n) is 5.63. The van der Waals surface area contributed by atoms with Gasteiger partial charge in [-0.05, 0) is 45.6 Å². The summed E-state index contributed by atoms with van der Waals surface area (Å²) in [7, 11) is -0.761. The number of hydrogen-bond donors (Lipinski definition) is 0. The van der Waals surface area contributed by atoms with Gasteiger partial charge in [0.25, 0.3) is 9.04 Å². The minimum absolute atomic E-state index is 0.0972. The van der Waals surface area contributed by atoms with Crippen LogP contribution in [0.4, 0.5) is 0 Å². The van der Waals surface area contributed by atoms with Gasteiger partial charge >= 0.3 is 0 Å². The third kappa shape index (κ3) is 3.83. The van der Waals surface area contributed by atoms with Crippen LogP contribution in [-0.2, 0) is 10.7 Å². The van der Waals surface area contributed by atoms with Gasteiger partial charge in [0.05, 0.1) is 4.47 Å². The van der Waals surface area contributed by atoms with Gasteiger partial charge in [-0.3, -0.25) is 0 Å². The van der Waals surface area contributed by atoms with Gasteiger partial charge in [-0.2, -0.15) is 0 Å². The van der Waals surface area contributed by atoms with Gasteiger partial charge in [-0.25, -0.2) is 0 Å². The topological polar surface area (TPSA) is 9.23 Å². The summed E-state index contributed by atoms with van der Waals surface area (Å²) in [5, 5.41) is 0.837. The van der Waals surface area contributed by atoms with Crippen LogP contribution in [0.15, 0.2) is 16.6 Å². The molecule has 0 aliphatic rings. The molecule has 1 rings (SSSR count). The number of benzene rings is 1. The molecular formula is C13H19Br2OSi. The Bertz CT molecular complexity index is 397. The SMILES string of the molecule is C[Si](C)Oc1c(C(C)(C)C)ccc(CBr)c1Br. The summed E-state index contributed by atoms with van der Waals surface area (Å²) < 4.78 is 7.17. The van der Waals surface area contributed by atoms with E-state index in [1.807, 2.05) is 0 Å². The van der Waals surface area contributed by atoms with Gasteiger partial charge in [-0.1, -0.05) is 48.8 Å². The van der Waals surface area contributed by atoms with Crippen LogP contribution in [0.1, 0.15) is 31.9 Å². The quantitative estimate of drug-likeness (QED) is 0.514. The van der Waals surface area contributed by atoms with Crippen LogP contribution in [0, 0.1) is 0 Å². The lowest BCUT2D eigenvalue weighted by molar-refractivity contribution is 0.517. The Labute approximate surface area is 123 Å². The highest BCUT2D eigenvalue weighted by Crippen LogP contribution is 2.40. The second-order valence-corrected chi connectivity index (χ2v) is 8.68. The average molecular weight is 379 g/mol. The van der Waals surface area contributed by atoms with E-state index in [1.165, 1.54) is 11.1 Å². The van der Waals surface area contributed by atoms with Crippen LogP contribution in [0.25, 0.3) is 0 Å². The molecule has 4 heteroatoms. The number of halogens is 2. The predicted molar refractivity (Wildman–Crippen MR) is 83.6 cm³/mol. The van der Waals surface area contributed by atoms with E-state index in [0.29, 0.717) is 0 Å². The molecule has 0 aliphatic carbocycles. The first kappa shape index (κ1) is 15.3. The molecule has 95 valence electrons. The molecule has 0 spiro atoms. The second kappa shape index (κ2) is 5.89. The number of rotatable bonds is 3. The average Bonchev–Trinajstić information content (AvgIpc) is 2.18. The summed E-state index contributed by atoms with van der Waals surface area (Å²) >= 11 is 7.18. The zero-order chi connectivity index (χ0) is 13.2. The summed E-state index contributed by atoms with van der Waals surface area (Å²) in [4.78, 5) is 0. The second-order valence-electron chi connectivity index (χ2n) is 5.31. The third-order valence-corrected chi connectivity index (χ3v) is 4.52. The highest BCUT2D eigenvalue weighted by molar-refractivity contribution is 9.11. The molecule has 1 aromatic rings. The number of hydrogen-bond acceptors (Lipinski definition) is 1. The standard InChI is InChI=1S/C13H19Br2OSi/c1-13(2,3)10-7-6-9(8-14)11(15)12(10)16-17(4)5/h6-7H,8H2,1-5H3. The maximum Gasteiger partial charge on any atom is 0.274 e. The van der Waals surface area contributed by atoms with E-state index in [1.54, 1.807) is 0 Å². The van der Waals surface area contributed by atoms with E-state index in [4.69, 9.17) is 4.43 Å². The summed E-state index contributed by atoms with van der Waals surface area (Å²) in [6.07, 6.45) is 0. The van der Waals surface area contributed by atoms with Crippen molar-refractivity contribution in [1.29, 1.82) is 0 Å². The largest absolute Gasteiger partial charge is 0.542 e. The summed E-state index contributed by atoms with van der Waals surface area (Å²) in [6.45, 7) is 11.0. The molecule has 0 heterocycles. The van der Waals surface area contributed by atoms with Crippen molar-refractivity contribution >= 4 is 40.9 Å². The van der Waals surface area contributed by atoms with Crippen molar-refractivity contribution in [1.82, 2.24) is 0 Å². The minimum Gasteiger partial charge on any atom is -0.542 e. The summed E-state index contributed by atoms with van der Waals surface area (Å²) in [6, 6.07) is 4.34. The van der Waals surface area contributed by atoms with Crippen molar-refractivity contribution < 1.29 is 4.43 Å². The molecule has 0 unspecified atom stereocenters. The fourth-order valence-electron chi connectivity index (χ4n) is 1.59. The van der Waals surface area contributed by atoms with Gasteiger partial charge in [-0.15, -0.1) is 0 Å². The van der Waals surface area contributed by atoms with Gasteiger partial charge in [0, 0.05) is 5.33 Å². The molecule has 17 heavy (non-hydrogen) atoms. The monoisotopic (exact) mass is 377 g/mol. The van der Waals surface area contributed by atoms with E-state index in [-0.39, 0.29) is 5.41 Å². The first-order chi connectivity index (χ1) is 7.77. The van der Waals surface area contributed by atoms with E-state index >= 15 is 0 Å². The highest BCUT2D eigenvalue weighted by Gasteiger charge is 2.23.